The molecule has 1 aliphatic heterocycles. The SMILES string of the molecule is CC(=O)OCN1C(O)c2cccc(-c3ccccc3)c2C1O. The molecule has 0 amide bonds. The highest BCUT2D eigenvalue weighted by Crippen LogP contribution is 2.43. The third kappa shape index (κ3) is 2.50. The maximum Gasteiger partial charge on any atom is 0.303 e. The molecule has 0 aromatic heterocycles. The largest absolute Gasteiger partial charge is 0.450 e. The van der Waals surface area contributed by atoms with Gasteiger partial charge in [0.2, 0.25) is 0 Å². The van der Waals surface area contributed by atoms with E-state index in [0.717, 1.165) is 11.1 Å². The quantitative estimate of drug-likeness (QED) is 0.850. The molecule has 114 valence electrons. The van der Waals surface area contributed by atoms with E-state index in [2.05, 4.69) is 0 Å². The summed E-state index contributed by atoms with van der Waals surface area (Å²) in [5, 5.41) is 20.9. The van der Waals surface area contributed by atoms with Gasteiger partial charge in [-0.1, -0.05) is 48.5 Å². The molecule has 2 N–H and O–H groups in total. The van der Waals surface area contributed by atoms with Crippen LogP contribution in [0.5, 0.6) is 0 Å². The fourth-order valence-corrected chi connectivity index (χ4v) is 2.75. The first kappa shape index (κ1) is 14.7. The second-order valence-electron chi connectivity index (χ2n) is 5.20. The average molecular weight is 299 g/mol. The van der Waals surface area contributed by atoms with Gasteiger partial charge in [-0.2, -0.15) is 0 Å². The summed E-state index contributed by atoms with van der Waals surface area (Å²) in [6, 6.07) is 15.2. The van der Waals surface area contributed by atoms with Crippen LogP contribution >= 0.6 is 0 Å². The third-order valence-corrected chi connectivity index (χ3v) is 3.81. The van der Waals surface area contributed by atoms with Gasteiger partial charge in [0.25, 0.3) is 0 Å². The number of nitrogens with zero attached hydrogens (tertiary/aromatic N) is 1. The van der Waals surface area contributed by atoms with Gasteiger partial charge in [0.1, 0.15) is 19.2 Å². The van der Waals surface area contributed by atoms with E-state index in [0.29, 0.717) is 11.1 Å². The first-order valence-corrected chi connectivity index (χ1v) is 7.03. The minimum atomic E-state index is -1.03. The van der Waals surface area contributed by atoms with Crippen LogP contribution in [-0.2, 0) is 9.53 Å². The van der Waals surface area contributed by atoms with Crippen molar-refractivity contribution in [2.24, 2.45) is 0 Å². The van der Waals surface area contributed by atoms with Crippen molar-refractivity contribution in [3.05, 3.63) is 59.7 Å². The van der Waals surface area contributed by atoms with Crippen LogP contribution in [0.15, 0.2) is 48.5 Å². The fraction of sp³-hybridized carbons (Fsp3) is 0.235. The highest BCUT2D eigenvalue weighted by atomic mass is 16.5. The van der Waals surface area contributed by atoms with Crippen molar-refractivity contribution in [1.82, 2.24) is 4.90 Å². The molecule has 2 unspecified atom stereocenters. The lowest BCUT2D eigenvalue weighted by Gasteiger charge is -2.23. The van der Waals surface area contributed by atoms with Crippen molar-refractivity contribution in [3.63, 3.8) is 0 Å². The summed E-state index contributed by atoms with van der Waals surface area (Å²) < 4.78 is 4.91. The predicted molar refractivity (Wildman–Crippen MR) is 80.3 cm³/mol. The van der Waals surface area contributed by atoms with E-state index in [-0.39, 0.29) is 6.73 Å². The highest BCUT2D eigenvalue weighted by molar-refractivity contribution is 5.70. The van der Waals surface area contributed by atoms with Crippen molar-refractivity contribution in [1.29, 1.82) is 0 Å². The topological polar surface area (TPSA) is 70.0 Å². The summed E-state index contributed by atoms with van der Waals surface area (Å²) in [5.41, 5.74) is 3.09. The molecule has 22 heavy (non-hydrogen) atoms. The lowest BCUT2D eigenvalue weighted by molar-refractivity contribution is -0.165. The minimum Gasteiger partial charge on any atom is -0.450 e. The number of aliphatic hydroxyl groups excluding tert-OH is 2. The number of carbonyl (C=O) groups excluding carboxylic acids is 1. The first-order valence-electron chi connectivity index (χ1n) is 7.03. The van der Waals surface area contributed by atoms with Crippen LogP contribution in [0.4, 0.5) is 0 Å². The van der Waals surface area contributed by atoms with E-state index in [1.165, 1.54) is 11.8 Å². The van der Waals surface area contributed by atoms with Gasteiger partial charge >= 0.3 is 5.97 Å². The van der Waals surface area contributed by atoms with E-state index in [4.69, 9.17) is 4.74 Å². The van der Waals surface area contributed by atoms with Crippen LogP contribution in [0.25, 0.3) is 11.1 Å². The van der Waals surface area contributed by atoms with Crippen LogP contribution in [-0.4, -0.2) is 27.8 Å². The number of ether oxygens (including phenoxy) is 1. The second kappa shape index (κ2) is 5.88. The Morgan fingerprint density at radius 2 is 1.82 bits per heavy atom. The number of aliphatic hydroxyl groups is 2. The monoisotopic (exact) mass is 299 g/mol. The van der Waals surface area contributed by atoms with Crippen molar-refractivity contribution in [2.75, 3.05) is 6.73 Å². The Balaban J connectivity index is 2.00. The molecule has 0 spiro atoms. The normalized spacial score (nSPS) is 20.7. The summed E-state index contributed by atoms with van der Waals surface area (Å²) >= 11 is 0. The molecule has 2 aromatic rings. The smallest absolute Gasteiger partial charge is 0.303 e. The molecule has 1 heterocycles. The molecule has 5 heteroatoms. The van der Waals surface area contributed by atoms with E-state index in [1.54, 1.807) is 6.07 Å². The van der Waals surface area contributed by atoms with Gasteiger partial charge < -0.3 is 14.9 Å². The number of benzene rings is 2. The molecule has 0 saturated heterocycles. The van der Waals surface area contributed by atoms with Gasteiger partial charge in [0.15, 0.2) is 0 Å². The second-order valence-corrected chi connectivity index (χ2v) is 5.20. The molecule has 0 aliphatic carbocycles. The molecule has 0 fully saturated rings. The molecule has 1 aliphatic rings. The zero-order chi connectivity index (χ0) is 15.7. The molecule has 3 rings (SSSR count). The van der Waals surface area contributed by atoms with Crippen LogP contribution in [0.1, 0.15) is 30.5 Å². The van der Waals surface area contributed by atoms with Gasteiger partial charge in [-0.05, 0) is 11.1 Å². The highest BCUT2D eigenvalue weighted by Gasteiger charge is 2.38. The van der Waals surface area contributed by atoms with Crippen LogP contribution < -0.4 is 0 Å². The Hall–Kier alpha value is -2.21. The van der Waals surface area contributed by atoms with Crippen LogP contribution in [0, 0.1) is 0 Å². The van der Waals surface area contributed by atoms with E-state index in [1.807, 2.05) is 42.5 Å². The Morgan fingerprint density at radius 1 is 1.09 bits per heavy atom. The molecule has 0 bridgehead atoms. The molecule has 0 radical (unpaired) electrons. The van der Waals surface area contributed by atoms with Crippen molar-refractivity contribution in [2.45, 2.75) is 19.4 Å². The van der Waals surface area contributed by atoms with Crippen molar-refractivity contribution < 1.29 is 19.7 Å². The number of hydrogen-bond donors (Lipinski definition) is 2. The van der Waals surface area contributed by atoms with Gasteiger partial charge in [0, 0.05) is 18.1 Å². The predicted octanol–water partition coefficient (Wildman–Crippen LogP) is 2.17. The maximum absolute atomic E-state index is 11.0. The Labute approximate surface area is 128 Å². The maximum atomic E-state index is 11.0. The molecule has 5 nitrogen and oxygen atoms in total. The third-order valence-electron chi connectivity index (χ3n) is 3.81. The van der Waals surface area contributed by atoms with Crippen molar-refractivity contribution in [3.8, 4) is 11.1 Å². The zero-order valence-corrected chi connectivity index (χ0v) is 12.1. The summed E-state index contributed by atoms with van der Waals surface area (Å²) in [4.78, 5) is 12.3. The molecule has 2 atom stereocenters. The Bertz CT molecular complexity index is 686. The number of hydrogen-bond acceptors (Lipinski definition) is 5. The summed E-state index contributed by atoms with van der Waals surface area (Å²) in [5.74, 6) is -0.460. The van der Waals surface area contributed by atoms with Crippen molar-refractivity contribution >= 4 is 5.97 Å². The number of fused-ring (bicyclic) bond motifs is 1. The van der Waals surface area contributed by atoms with Crippen LogP contribution in [0.2, 0.25) is 0 Å². The van der Waals surface area contributed by atoms with E-state index in [9.17, 15) is 15.0 Å². The number of esters is 1. The van der Waals surface area contributed by atoms with Gasteiger partial charge in [-0.15, -0.1) is 0 Å². The Kier molecular flexibility index (Phi) is 3.94. The van der Waals surface area contributed by atoms with Gasteiger partial charge in [0.05, 0.1) is 0 Å². The summed E-state index contributed by atoms with van der Waals surface area (Å²) in [7, 11) is 0. The molecule has 0 saturated carbocycles. The van der Waals surface area contributed by atoms with E-state index < -0.39 is 18.4 Å². The van der Waals surface area contributed by atoms with Gasteiger partial charge in [-0.25, -0.2) is 4.90 Å². The van der Waals surface area contributed by atoms with E-state index >= 15 is 0 Å². The van der Waals surface area contributed by atoms with Gasteiger partial charge in [-0.3, -0.25) is 4.79 Å². The minimum absolute atomic E-state index is 0.166. The summed E-state index contributed by atoms with van der Waals surface area (Å²) in [6.07, 6.45) is -2.03. The lowest BCUT2D eigenvalue weighted by Crippen LogP contribution is -2.29. The zero-order valence-electron chi connectivity index (χ0n) is 12.1. The summed E-state index contributed by atoms with van der Waals surface area (Å²) in [6.45, 7) is 1.12. The number of rotatable bonds is 3. The lowest BCUT2D eigenvalue weighted by atomic mass is 9.96. The molecule has 2 aromatic carbocycles. The average Bonchev–Trinajstić information content (AvgIpc) is 2.78. The molecular formula is C17H17NO4. The fourth-order valence-electron chi connectivity index (χ4n) is 2.75. The standard InChI is InChI=1S/C17H17NO4/c1-11(19)22-10-18-16(20)14-9-5-8-13(15(14)17(18)21)12-6-3-2-4-7-12/h2-9,16-17,20-21H,10H2,1H3. The molecular weight excluding hydrogens is 282 g/mol. The Morgan fingerprint density at radius 3 is 2.50 bits per heavy atom. The first-order chi connectivity index (χ1) is 10.6. The number of carbonyl (C=O) groups is 1. The van der Waals surface area contributed by atoms with Crippen LogP contribution in [0.3, 0.4) is 0 Å².